The van der Waals surface area contributed by atoms with Gasteiger partial charge in [0.1, 0.15) is 23.7 Å². The molecule has 2 fully saturated rings. The summed E-state index contributed by atoms with van der Waals surface area (Å²) in [5.74, 6) is 0.247. The van der Waals surface area contributed by atoms with Crippen molar-refractivity contribution in [3.8, 4) is 11.3 Å². The van der Waals surface area contributed by atoms with Crippen molar-refractivity contribution < 1.29 is 9.13 Å². The van der Waals surface area contributed by atoms with Gasteiger partial charge in [0.05, 0.1) is 11.4 Å². The van der Waals surface area contributed by atoms with Crippen molar-refractivity contribution >= 4 is 27.8 Å². The van der Waals surface area contributed by atoms with Crippen molar-refractivity contribution in [3.05, 3.63) is 71.9 Å². The summed E-state index contributed by atoms with van der Waals surface area (Å²) >= 11 is 0. The van der Waals surface area contributed by atoms with Crippen molar-refractivity contribution in [1.82, 2.24) is 34.5 Å². The highest BCUT2D eigenvalue weighted by Gasteiger charge is 2.31. The maximum absolute atomic E-state index is 14.5. The summed E-state index contributed by atoms with van der Waals surface area (Å²) in [7, 11) is 1.78. The van der Waals surface area contributed by atoms with Crippen LogP contribution in [0.5, 0.6) is 0 Å². The van der Waals surface area contributed by atoms with Crippen LogP contribution in [-0.4, -0.2) is 87.0 Å². The molecule has 1 aliphatic carbocycles. The fourth-order valence-electron chi connectivity index (χ4n) is 7.22. The molecular weight excluding hydrogens is 555 g/mol. The number of benzene rings is 2. The zero-order valence-electron chi connectivity index (χ0n) is 25.4. The Labute approximate surface area is 257 Å². The van der Waals surface area contributed by atoms with Gasteiger partial charge < -0.3 is 20.4 Å². The van der Waals surface area contributed by atoms with Crippen LogP contribution in [0.3, 0.4) is 0 Å². The van der Waals surface area contributed by atoms with Crippen molar-refractivity contribution in [2.75, 3.05) is 52.2 Å². The molecule has 0 unspecified atom stereocenters. The van der Waals surface area contributed by atoms with E-state index >= 15 is 0 Å². The van der Waals surface area contributed by atoms with Crippen molar-refractivity contribution in [2.24, 2.45) is 0 Å². The first-order chi connectivity index (χ1) is 21.6. The van der Waals surface area contributed by atoms with Gasteiger partial charge in [0.15, 0.2) is 5.65 Å². The fourth-order valence-corrected chi connectivity index (χ4v) is 7.22. The first-order valence-corrected chi connectivity index (χ1v) is 15.9. The average Bonchev–Trinajstić information content (AvgIpc) is 3.65. The van der Waals surface area contributed by atoms with E-state index in [4.69, 9.17) is 15.6 Å². The van der Waals surface area contributed by atoms with Crippen LogP contribution in [0, 0.1) is 5.82 Å². The van der Waals surface area contributed by atoms with Crippen LogP contribution in [-0.2, 0) is 11.2 Å². The van der Waals surface area contributed by atoms with E-state index in [1.54, 1.807) is 19.5 Å². The number of nitrogens with two attached hydrogens (primary N) is 1. The molecule has 0 radical (unpaired) electrons. The molecule has 2 aliphatic rings. The number of H-pyrrole nitrogens is 1. The third-order valence-corrected chi connectivity index (χ3v) is 9.66. The van der Waals surface area contributed by atoms with Gasteiger partial charge in [-0.3, -0.25) is 4.90 Å². The summed E-state index contributed by atoms with van der Waals surface area (Å²) in [6, 6.07) is 14.1. The van der Waals surface area contributed by atoms with Gasteiger partial charge >= 0.3 is 0 Å². The molecule has 5 aromatic rings. The summed E-state index contributed by atoms with van der Waals surface area (Å²) in [5, 5.41) is 7.02. The number of piperazine rings is 1. The number of nitrogens with one attached hydrogen (secondary N) is 1. The molecule has 44 heavy (non-hydrogen) atoms. The summed E-state index contributed by atoms with van der Waals surface area (Å²) in [4.78, 5) is 17.6. The molecule has 2 aromatic carbocycles. The highest BCUT2D eigenvalue weighted by molar-refractivity contribution is 6.00. The number of rotatable bonds is 9. The minimum Gasteiger partial charge on any atom is -0.385 e. The Bertz CT molecular complexity index is 1730. The summed E-state index contributed by atoms with van der Waals surface area (Å²) in [6.07, 6.45) is 9.53. The molecule has 0 atom stereocenters. The normalized spacial score (nSPS) is 20.1. The van der Waals surface area contributed by atoms with E-state index in [9.17, 15) is 4.39 Å². The SMILES string of the molecule is COCCCN1CCN(C2CCC(n3nc(-c4ccc5[nH]cc(Cc6ccccc6F)c5c4)c4c(N)ncnc43)CC2)CC1. The lowest BCUT2D eigenvalue weighted by Crippen LogP contribution is -2.51. The van der Waals surface area contributed by atoms with E-state index in [0.717, 1.165) is 110 Å². The number of anilines is 1. The molecule has 1 saturated carbocycles. The number of methoxy groups -OCH3 is 1. The predicted octanol–water partition coefficient (Wildman–Crippen LogP) is 5.42. The number of hydrogen-bond donors (Lipinski definition) is 2. The Hall–Kier alpha value is -3.86. The molecule has 4 heterocycles. The third-order valence-electron chi connectivity index (χ3n) is 9.66. The monoisotopic (exact) mass is 596 g/mol. The Morgan fingerprint density at radius 2 is 1.77 bits per heavy atom. The molecule has 3 N–H and O–H groups in total. The summed E-state index contributed by atoms with van der Waals surface area (Å²) in [5.41, 5.74) is 11.7. The van der Waals surface area contributed by atoms with Gasteiger partial charge in [-0.15, -0.1) is 0 Å². The average molecular weight is 597 g/mol. The zero-order chi connectivity index (χ0) is 30.0. The maximum Gasteiger partial charge on any atom is 0.164 e. The zero-order valence-corrected chi connectivity index (χ0v) is 25.4. The van der Waals surface area contributed by atoms with Crippen molar-refractivity contribution in [1.29, 1.82) is 0 Å². The maximum atomic E-state index is 14.5. The van der Waals surface area contributed by atoms with E-state index in [1.165, 1.54) is 6.07 Å². The number of nitrogen functional groups attached to an aromatic ring is 1. The second-order valence-electron chi connectivity index (χ2n) is 12.3. The highest BCUT2D eigenvalue weighted by Crippen LogP contribution is 2.38. The number of halogens is 1. The topological polar surface area (TPSA) is 101 Å². The second kappa shape index (κ2) is 12.6. The van der Waals surface area contributed by atoms with E-state index in [1.807, 2.05) is 18.3 Å². The summed E-state index contributed by atoms with van der Waals surface area (Å²) < 4.78 is 21.8. The highest BCUT2D eigenvalue weighted by atomic mass is 19.1. The lowest BCUT2D eigenvalue weighted by molar-refractivity contribution is 0.0662. The Balaban J connectivity index is 1.11. The molecule has 230 valence electrons. The van der Waals surface area contributed by atoms with E-state index in [2.05, 4.69) is 47.6 Å². The molecule has 10 heteroatoms. The van der Waals surface area contributed by atoms with E-state index in [-0.39, 0.29) is 11.9 Å². The van der Waals surface area contributed by atoms with E-state index in [0.29, 0.717) is 23.8 Å². The molecule has 1 saturated heterocycles. The lowest BCUT2D eigenvalue weighted by atomic mass is 9.90. The first-order valence-electron chi connectivity index (χ1n) is 15.9. The number of aromatic amines is 1. The van der Waals surface area contributed by atoms with Crippen LogP contribution < -0.4 is 5.73 Å². The number of ether oxygens (including phenoxy) is 1. The number of nitrogens with zero attached hydrogens (tertiary/aromatic N) is 6. The van der Waals surface area contributed by atoms with Gasteiger partial charge in [0, 0.05) is 81.6 Å². The lowest BCUT2D eigenvalue weighted by Gasteiger charge is -2.42. The molecule has 7 rings (SSSR count). The van der Waals surface area contributed by atoms with Gasteiger partial charge in [0.2, 0.25) is 0 Å². The fraction of sp³-hybridized carbons (Fsp3) is 0.441. The van der Waals surface area contributed by atoms with Crippen molar-refractivity contribution in [2.45, 2.75) is 50.6 Å². The minimum absolute atomic E-state index is 0.192. The predicted molar refractivity (Wildman–Crippen MR) is 172 cm³/mol. The van der Waals surface area contributed by atoms with Crippen LogP contribution in [0.4, 0.5) is 10.2 Å². The van der Waals surface area contributed by atoms with Crippen LogP contribution in [0.2, 0.25) is 0 Å². The summed E-state index contributed by atoms with van der Waals surface area (Å²) in [6.45, 7) is 6.52. The van der Waals surface area contributed by atoms with Gasteiger partial charge in [-0.1, -0.05) is 24.3 Å². The largest absolute Gasteiger partial charge is 0.385 e. The Morgan fingerprint density at radius 1 is 0.977 bits per heavy atom. The minimum atomic E-state index is -0.192. The second-order valence-corrected chi connectivity index (χ2v) is 12.3. The van der Waals surface area contributed by atoms with Gasteiger partial charge in [0.25, 0.3) is 0 Å². The third kappa shape index (κ3) is 5.69. The van der Waals surface area contributed by atoms with Gasteiger partial charge in [-0.2, -0.15) is 5.10 Å². The number of hydrogen-bond acceptors (Lipinski definition) is 7. The van der Waals surface area contributed by atoms with Crippen LogP contribution in [0.1, 0.15) is 49.3 Å². The van der Waals surface area contributed by atoms with Gasteiger partial charge in [-0.05, 0) is 61.4 Å². The number of aromatic nitrogens is 5. The molecule has 0 amide bonds. The van der Waals surface area contributed by atoms with Crippen LogP contribution in [0.15, 0.2) is 55.0 Å². The molecule has 9 nitrogen and oxygen atoms in total. The molecule has 3 aromatic heterocycles. The standard InChI is InChI=1S/C34H41FN8O/c1-44-18-4-13-41-14-16-42(17-15-41)26-8-10-27(11-9-26)43-34-31(33(36)38-22-39-34)32(40-43)24-7-12-30-28(20-24)25(21-37-30)19-23-5-2-3-6-29(23)35/h2-3,5-7,12,20-22,26-27,37H,4,8-11,13-19H2,1H3,(H2,36,38,39). The van der Waals surface area contributed by atoms with E-state index < -0.39 is 0 Å². The molecule has 0 bridgehead atoms. The number of fused-ring (bicyclic) bond motifs is 2. The molecule has 1 aliphatic heterocycles. The first kappa shape index (κ1) is 28.9. The van der Waals surface area contributed by atoms with Crippen molar-refractivity contribution in [3.63, 3.8) is 0 Å². The quantitative estimate of drug-likeness (QED) is 0.219. The molecular formula is C34H41FN8O. The smallest absolute Gasteiger partial charge is 0.164 e. The Kier molecular flexibility index (Phi) is 8.29. The Morgan fingerprint density at radius 3 is 2.57 bits per heavy atom. The van der Waals surface area contributed by atoms with Crippen LogP contribution >= 0.6 is 0 Å². The van der Waals surface area contributed by atoms with Crippen LogP contribution in [0.25, 0.3) is 33.2 Å². The van der Waals surface area contributed by atoms with Gasteiger partial charge in [-0.25, -0.2) is 19.0 Å². The molecule has 0 spiro atoms.